The predicted octanol–water partition coefficient (Wildman–Crippen LogP) is 1.87. The van der Waals surface area contributed by atoms with Crippen molar-refractivity contribution in [2.45, 2.75) is 18.9 Å². The van der Waals surface area contributed by atoms with Gasteiger partial charge in [-0.25, -0.2) is 0 Å². The Labute approximate surface area is 95.3 Å². The second kappa shape index (κ2) is 4.10. The van der Waals surface area contributed by atoms with Gasteiger partial charge < -0.3 is 5.11 Å². The minimum Gasteiger partial charge on any atom is -0.385 e. The second-order valence-corrected chi connectivity index (χ2v) is 4.34. The first kappa shape index (κ1) is 10.9. The highest BCUT2D eigenvalue weighted by molar-refractivity contribution is 5.22. The number of aryl methyl sites for hydroxylation is 1. The fourth-order valence-electron chi connectivity index (χ4n) is 1.79. The van der Waals surface area contributed by atoms with E-state index in [0.717, 1.165) is 11.1 Å². The van der Waals surface area contributed by atoms with Crippen LogP contribution in [0, 0.1) is 0 Å². The van der Waals surface area contributed by atoms with Crippen LogP contribution in [0.25, 0.3) is 0 Å². The van der Waals surface area contributed by atoms with Gasteiger partial charge in [-0.05, 0) is 12.5 Å². The van der Waals surface area contributed by atoms with Gasteiger partial charge in [0.05, 0.1) is 11.8 Å². The summed E-state index contributed by atoms with van der Waals surface area (Å²) < 4.78 is 1.70. The Morgan fingerprint density at radius 2 is 2.00 bits per heavy atom. The van der Waals surface area contributed by atoms with E-state index in [1.807, 2.05) is 50.5 Å². The fourth-order valence-corrected chi connectivity index (χ4v) is 1.79. The van der Waals surface area contributed by atoms with Crippen LogP contribution >= 0.6 is 0 Å². The summed E-state index contributed by atoms with van der Waals surface area (Å²) in [7, 11) is 1.85. The van der Waals surface area contributed by atoms with Crippen LogP contribution in [-0.4, -0.2) is 14.9 Å². The standard InChI is InChI=1S/C13H16N2O/c1-13(16,12-9-14-15(2)10-12)8-11-6-4-3-5-7-11/h3-7,9-10,16H,8H2,1-2H3. The molecule has 0 fully saturated rings. The molecule has 0 aliphatic heterocycles. The molecule has 2 rings (SSSR count). The molecule has 16 heavy (non-hydrogen) atoms. The third kappa shape index (κ3) is 2.31. The number of hydrogen-bond acceptors (Lipinski definition) is 2. The van der Waals surface area contributed by atoms with Gasteiger partial charge in [0, 0.05) is 25.2 Å². The summed E-state index contributed by atoms with van der Waals surface area (Å²) in [6.07, 6.45) is 4.16. The number of rotatable bonds is 3. The third-order valence-corrected chi connectivity index (χ3v) is 2.72. The summed E-state index contributed by atoms with van der Waals surface area (Å²) in [4.78, 5) is 0. The molecule has 3 heteroatoms. The minimum atomic E-state index is -0.865. The Bertz CT molecular complexity index is 460. The van der Waals surface area contributed by atoms with E-state index in [-0.39, 0.29) is 0 Å². The Hall–Kier alpha value is -1.61. The summed E-state index contributed by atoms with van der Waals surface area (Å²) in [5.41, 5.74) is 1.10. The molecule has 84 valence electrons. The Balaban J connectivity index is 2.20. The van der Waals surface area contributed by atoms with Gasteiger partial charge in [-0.1, -0.05) is 30.3 Å². The summed E-state index contributed by atoms with van der Waals surface area (Å²) >= 11 is 0. The summed E-state index contributed by atoms with van der Waals surface area (Å²) in [5.74, 6) is 0. The van der Waals surface area contributed by atoms with Crippen molar-refractivity contribution in [2.75, 3.05) is 0 Å². The first-order valence-electron chi connectivity index (χ1n) is 5.33. The van der Waals surface area contributed by atoms with E-state index >= 15 is 0 Å². The van der Waals surface area contributed by atoms with Gasteiger partial charge in [-0.3, -0.25) is 4.68 Å². The van der Waals surface area contributed by atoms with Crippen LogP contribution in [0.2, 0.25) is 0 Å². The van der Waals surface area contributed by atoms with Crippen molar-refractivity contribution in [3.63, 3.8) is 0 Å². The van der Waals surface area contributed by atoms with E-state index < -0.39 is 5.60 Å². The molecule has 0 amide bonds. The molecule has 1 heterocycles. The molecule has 1 aromatic heterocycles. The monoisotopic (exact) mass is 216 g/mol. The highest BCUT2D eigenvalue weighted by Gasteiger charge is 2.24. The molecular weight excluding hydrogens is 200 g/mol. The lowest BCUT2D eigenvalue weighted by atomic mass is 9.91. The highest BCUT2D eigenvalue weighted by Crippen LogP contribution is 2.24. The molecule has 0 aliphatic carbocycles. The molecule has 3 nitrogen and oxygen atoms in total. The quantitative estimate of drug-likeness (QED) is 0.850. The first-order valence-corrected chi connectivity index (χ1v) is 5.33. The van der Waals surface area contributed by atoms with Crippen molar-refractivity contribution in [2.24, 2.45) is 7.05 Å². The molecular formula is C13H16N2O. The lowest BCUT2D eigenvalue weighted by Gasteiger charge is -2.21. The highest BCUT2D eigenvalue weighted by atomic mass is 16.3. The normalized spacial score (nSPS) is 14.7. The predicted molar refractivity (Wildman–Crippen MR) is 62.9 cm³/mol. The molecule has 1 unspecified atom stereocenters. The molecule has 1 N–H and O–H groups in total. The average molecular weight is 216 g/mol. The lowest BCUT2D eigenvalue weighted by molar-refractivity contribution is 0.0575. The van der Waals surface area contributed by atoms with E-state index in [9.17, 15) is 5.11 Å². The zero-order valence-electron chi connectivity index (χ0n) is 9.59. The van der Waals surface area contributed by atoms with Gasteiger partial charge in [0.2, 0.25) is 0 Å². The zero-order chi connectivity index (χ0) is 11.6. The van der Waals surface area contributed by atoms with Crippen LogP contribution in [-0.2, 0) is 19.1 Å². The first-order chi connectivity index (χ1) is 7.58. The molecule has 1 atom stereocenters. The summed E-state index contributed by atoms with van der Waals surface area (Å²) in [5, 5.41) is 14.5. The number of benzene rings is 1. The van der Waals surface area contributed by atoms with Gasteiger partial charge in [-0.2, -0.15) is 5.10 Å². The molecule has 0 saturated carbocycles. The van der Waals surface area contributed by atoms with Crippen molar-refractivity contribution in [1.29, 1.82) is 0 Å². The van der Waals surface area contributed by atoms with E-state index in [1.54, 1.807) is 10.9 Å². The van der Waals surface area contributed by atoms with Gasteiger partial charge in [0.25, 0.3) is 0 Å². The number of nitrogens with zero attached hydrogens (tertiary/aromatic N) is 2. The van der Waals surface area contributed by atoms with Crippen LogP contribution in [0.5, 0.6) is 0 Å². The Kier molecular flexibility index (Phi) is 2.79. The molecule has 2 aromatic rings. The Morgan fingerprint density at radius 1 is 1.31 bits per heavy atom. The smallest absolute Gasteiger partial charge is 0.0938 e. The molecule has 0 aliphatic rings. The largest absolute Gasteiger partial charge is 0.385 e. The maximum atomic E-state index is 10.4. The van der Waals surface area contributed by atoms with Gasteiger partial charge in [0.1, 0.15) is 0 Å². The summed E-state index contributed by atoms with van der Waals surface area (Å²) in [6.45, 7) is 1.82. The lowest BCUT2D eigenvalue weighted by Crippen LogP contribution is -2.23. The topological polar surface area (TPSA) is 38.0 Å². The van der Waals surface area contributed by atoms with E-state index in [1.165, 1.54) is 0 Å². The maximum Gasteiger partial charge on any atom is 0.0938 e. The fraction of sp³-hybridized carbons (Fsp3) is 0.308. The second-order valence-electron chi connectivity index (χ2n) is 4.34. The van der Waals surface area contributed by atoms with Crippen LogP contribution in [0.15, 0.2) is 42.7 Å². The van der Waals surface area contributed by atoms with Crippen molar-refractivity contribution < 1.29 is 5.11 Å². The molecule has 0 saturated heterocycles. The Morgan fingerprint density at radius 3 is 2.56 bits per heavy atom. The number of aliphatic hydroxyl groups is 1. The van der Waals surface area contributed by atoms with Crippen LogP contribution in [0.1, 0.15) is 18.1 Å². The van der Waals surface area contributed by atoms with Gasteiger partial charge in [0.15, 0.2) is 0 Å². The minimum absolute atomic E-state index is 0.597. The number of hydrogen-bond donors (Lipinski definition) is 1. The van der Waals surface area contributed by atoms with E-state index in [0.29, 0.717) is 6.42 Å². The third-order valence-electron chi connectivity index (χ3n) is 2.72. The molecule has 1 aromatic carbocycles. The average Bonchev–Trinajstić information content (AvgIpc) is 2.66. The summed E-state index contributed by atoms with van der Waals surface area (Å²) in [6, 6.07) is 9.97. The van der Waals surface area contributed by atoms with E-state index in [4.69, 9.17) is 0 Å². The van der Waals surface area contributed by atoms with Crippen LogP contribution in [0.4, 0.5) is 0 Å². The van der Waals surface area contributed by atoms with Crippen LogP contribution < -0.4 is 0 Å². The van der Waals surface area contributed by atoms with Crippen LogP contribution in [0.3, 0.4) is 0 Å². The van der Waals surface area contributed by atoms with Gasteiger partial charge in [-0.15, -0.1) is 0 Å². The van der Waals surface area contributed by atoms with Crippen molar-refractivity contribution in [3.8, 4) is 0 Å². The molecule has 0 radical (unpaired) electrons. The van der Waals surface area contributed by atoms with Gasteiger partial charge >= 0.3 is 0 Å². The van der Waals surface area contributed by atoms with Crippen molar-refractivity contribution in [3.05, 3.63) is 53.9 Å². The SMILES string of the molecule is Cn1cc(C(C)(O)Cc2ccccc2)cn1. The van der Waals surface area contributed by atoms with Crippen molar-refractivity contribution in [1.82, 2.24) is 9.78 Å². The van der Waals surface area contributed by atoms with Crippen molar-refractivity contribution >= 4 is 0 Å². The molecule has 0 spiro atoms. The number of aromatic nitrogens is 2. The van der Waals surface area contributed by atoms with E-state index in [2.05, 4.69) is 5.10 Å². The molecule has 0 bridgehead atoms. The maximum absolute atomic E-state index is 10.4. The zero-order valence-corrected chi connectivity index (χ0v) is 9.59.